The fraction of sp³-hybridized carbons (Fsp3) is 0.458. The van der Waals surface area contributed by atoms with Crippen molar-refractivity contribution in [3.63, 3.8) is 0 Å². The smallest absolute Gasteiger partial charge is 0.243 e. The van der Waals surface area contributed by atoms with Gasteiger partial charge in [-0.3, -0.25) is 4.79 Å². The van der Waals surface area contributed by atoms with Gasteiger partial charge in [0.05, 0.1) is 24.2 Å². The number of amides is 1. The summed E-state index contributed by atoms with van der Waals surface area (Å²) in [5.41, 5.74) is 2.23. The fourth-order valence-electron chi connectivity index (χ4n) is 4.29. The molecule has 32 heavy (non-hydrogen) atoms. The van der Waals surface area contributed by atoms with Gasteiger partial charge in [0.25, 0.3) is 0 Å². The normalized spacial score (nSPS) is 18.6. The van der Waals surface area contributed by atoms with E-state index in [0.29, 0.717) is 50.6 Å². The summed E-state index contributed by atoms with van der Waals surface area (Å²) >= 11 is 0. The number of nitrogens with one attached hydrogen (secondary N) is 1. The summed E-state index contributed by atoms with van der Waals surface area (Å²) in [6, 6.07) is 12.7. The number of carbonyl (C=O) groups is 1. The summed E-state index contributed by atoms with van der Waals surface area (Å²) in [6.45, 7) is 5.68. The Balaban J connectivity index is 1.38. The molecule has 1 atom stereocenters. The van der Waals surface area contributed by atoms with Gasteiger partial charge in [-0.25, -0.2) is 8.42 Å². The second-order valence-corrected chi connectivity index (χ2v) is 10.4. The lowest BCUT2D eigenvalue weighted by molar-refractivity contribution is -0.126. The van der Waals surface area contributed by atoms with E-state index >= 15 is 0 Å². The predicted molar refractivity (Wildman–Crippen MR) is 121 cm³/mol. The topological polar surface area (TPSA) is 84.9 Å². The first-order valence-electron chi connectivity index (χ1n) is 11.1. The van der Waals surface area contributed by atoms with Gasteiger partial charge < -0.3 is 14.8 Å². The lowest BCUT2D eigenvalue weighted by Crippen LogP contribution is -2.43. The highest BCUT2D eigenvalue weighted by atomic mass is 32.2. The minimum Gasteiger partial charge on any atom is -0.490 e. The zero-order valence-electron chi connectivity index (χ0n) is 18.5. The Labute approximate surface area is 189 Å². The van der Waals surface area contributed by atoms with Crippen molar-refractivity contribution >= 4 is 15.9 Å². The molecule has 2 aliphatic rings. The molecule has 2 heterocycles. The molecule has 4 rings (SSSR count). The maximum Gasteiger partial charge on any atom is 0.243 e. The van der Waals surface area contributed by atoms with E-state index in [9.17, 15) is 13.2 Å². The Morgan fingerprint density at radius 2 is 1.75 bits per heavy atom. The van der Waals surface area contributed by atoms with E-state index in [1.807, 2.05) is 38.1 Å². The Morgan fingerprint density at radius 1 is 1.06 bits per heavy atom. The zero-order chi connectivity index (χ0) is 22.7. The van der Waals surface area contributed by atoms with Crippen LogP contribution in [0.25, 0.3) is 0 Å². The molecule has 8 heteroatoms. The molecule has 0 bridgehead atoms. The number of ether oxygens (including phenoxy) is 2. The van der Waals surface area contributed by atoms with E-state index in [0.717, 1.165) is 17.5 Å². The predicted octanol–water partition coefficient (Wildman–Crippen LogP) is 3.43. The van der Waals surface area contributed by atoms with Crippen molar-refractivity contribution in [3.05, 3.63) is 53.6 Å². The van der Waals surface area contributed by atoms with Gasteiger partial charge in [0.2, 0.25) is 15.9 Å². The first-order valence-corrected chi connectivity index (χ1v) is 12.6. The Bertz CT molecular complexity index is 1080. The van der Waals surface area contributed by atoms with E-state index in [-0.39, 0.29) is 22.8 Å². The Kier molecular flexibility index (Phi) is 6.71. The summed E-state index contributed by atoms with van der Waals surface area (Å²) < 4.78 is 39.0. The number of rotatable bonds is 5. The zero-order valence-corrected chi connectivity index (χ0v) is 19.4. The van der Waals surface area contributed by atoms with Gasteiger partial charge in [-0.05, 0) is 49.9 Å². The Hall–Kier alpha value is -2.58. The van der Waals surface area contributed by atoms with Crippen LogP contribution in [0, 0.1) is 12.8 Å². The van der Waals surface area contributed by atoms with Gasteiger partial charge in [-0.15, -0.1) is 0 Å². The monoisotopic (exact) mass is 458 g/mol. The lowest BCUT2D eigenvalue weighted by atomic mass is 9.96. The van der Waals surface area contributed by atoms with Gasteiger partial charge in [-0.2, -0.15) is 4.31 Å². The van der Waals surface area contributed by atoms with Crippen molar-refractivity contribution in [1.29, 1.82) is 0 Å². The number of piperidine rings is 1. The number of sulfonamides is 1. The first-order chi connectivity index (χ1) is 15.4. The highest BCUT2D eigenvalue weighted by Gasteiger charge is 2.33. The second-order valence-electron chi connectivity index (χ2n) is 8.42. The van der Waals surface area contributed by atoms with Gasteiger partial charge in [0.15, 0.2) is 11.5 Å². The van der Waals surface area contributed by atoms with Crippen LogP contribution in [0.4, 0.5) is 0 Å². The molecule has 1 saturated heterocycles. The Morgan fingerprint density at radius 3 is 2.47 bits per heavy atom. The summed E-state index contributed by atoms with van der Waals surface area (Å²) in [7, 11) is -3.66. The first kappa shape index (κ1) is 22.6. The van der Waals surface area contributed by atoms with Crippen molar-refractivity contribution in [2.75, 3.05) is 26.3 Å². The van der Waals surface area contributed by atoms with Crippen molar-refractivity contribution in [3.8, 4) is 11.5 Å². The summed E-state index contributed by atoms with van der Waals surface area (Å²) in [5.74, 6) is 0.813. The van der Waals surface area contributed by atoms with Gasteiger partial charge in [-0.1, -0.05) is 24.3 Å². The summed E-state index contributed by atoms with van der Waals surface area (Å²) in [5, 5.41) is 3.09. The fourth-order valence-corrected chi connectivity index (χ4v) is 5.78. The van der Waals surface area contributed by atoms with Crippen LogP contribution < -0.4 is 14.8 Å². The van der Waals surface area contributed by atoms with Crippen LogP contribution in [0.3, 0.4) is 0 Å². The van der Waals surface area contributed by atoms with Crippen LogP contribution in [0.5, 0.6) is 11.5 Å². The molecule has 2 aromatic rings. The molecule has 0 aliphatic carbocycles. The standard InChI is InChI=1S/C24H30N2O5S/c1-17-6-3-4-7-21(17)18(2)25-24(27)19-10-12-26(13-11-19)32(28,29)20-8-9-22-23(16-20)31-15-5-14-30-22/h3-4,6-9,16,18-19H,5,10-15H2,1-2H3,(H,25,27)/t18-/m1/s1. The third-order valence-corrected chi connectivity index (χ3v) is 8.09. The quantitative estimate of drug-likeness (QED) is 0.742. The molecular formula is C24H30N2O5S. The van der Waals surface area contributed by atoms with Gasteiger partial charge >= 0.3 is 0 Å². The number of benzene rings is 2. The molecule has 2 aliphatic heterocycles. The van der Waals surface area contributed by atoms with E-state index in [1.165, 1.54) is 4.31 Å². The molecule has 0 unspecified atom stereocenters. The van der Waals surface area contributed by atoms with E-state index in [2.05, 4.69) is 5.32 Å². The minimum atomic E-state index is -3.66. The highest BCUT2D eigenvalue weighted by Crippen LogP contribution is 2.34. The SMILES string of the molecule is Cc1ccccc1[C@@H](C)NC(=O)C1CCN(S(=O)(=O)c2ccc3c(c2)OCCCO3)CC1. The summed E-state index contributed by atoms with van der Waals surface area (Å²) in [6.07, 6.45) is 1.75. The summed E-state index contributed by atoms with van der Waals surface area (Å²) in [4.78, 5) is 13.0. The highest BCUT2D eigenvalue weighted by molar-refractivity contribution is 7.89. The molecular weight excluding hydrogens is 428 g/mol. The van der Waals surface area contributed by atoms with Crippen LogP contribution in [0.1, 0.15) is 43.4 Å². The molecule has 0 saturated carbocycles. The van der Waals surface area contributed by atoms with Crippen LogP contribution in [0.2, 0.25) is 0 Å². The molecule has 1 N–H and O–H groups in total. The molecule has 0 aromatic heterocycles. The number of nitrogens with zero attached hydrogens (tertiary/aromatic N) is 1. The van der Waals surface area contributed by atoms with Crippen LogP contribution in [-0.4, -0.2) is 44.9 Å². The van der Waals surface area contributed by atoms with Crippen molar-refractivity contribution in [2.24, 2.45) is 5.92 Å². The molecule has 172 valence electrons. The largest absolute Gasteiger partial charge is 0.490 e. The maximum absolute atomic E-state index is 13.2. The van der Waals surface area contributed by atoms with Crippen LogP contribution >= 0.6 is 0 Å². The number of aryl methyl sites for hydroxylation is 1. The van der Waals surface area contributed by atoms with E-state index in [4.69, 9.17) is 9.47 Å². The molecule has 1 fully saturated rings. The number of hydrogen-bond acceptors (Lipinski definition) is 5. The third-order valence-electron chi connectivity index (χ3n) is 6.20. The minimum absolute atomic E-state index is 0.0200. The third kappa shape index (κ3) is 4.76. The van der Waals surface area contributed by atoms with Crippen molar-refractivity contribution < 1.29 is 22.7 Å². The number of fused-ring (bicyclic) bond motifs is 1. The number of carbonyl (C=O) groups excluding carboxylic acids is 1. The van der Waals surface area contributed by atoms with Gasteiger partial charge in [0, 0.05) is 31.5 Å². The van der Waals surface area contributed by atoms with Crippen molar-refractivity contribution in [1.82, 2.24) is 9.62 Å². The molecule has 1 amide bonds. The average molecular weight is 459 g/mol. The maximum atomic E-state index is 13.2. The average Bonchev–Trinajstić information content (AvgIpc) is 3.04. The molecule has 2 aromatic carbocycles. The van der Waals surface area contributed by atoms with Gasteiger partial charge in [0.1, 0.15) is 0 Å². The molecule has 0 radical (unpaired) electrons. The van der Waals surface area contributed by atoms with E-state index in [1.54, 1.807) is 18.2 Å². The molecule has 7 nitrogen and oxygen atoms in total. The van der Waals surface area contributed by atoms with Crippen molar-refractivity contribution in [2.45, 2.75) is 44.0 Å². The van der Waals surface area contributed by atoms with Crippen LogP contribution in [-0.2, 0) is 14.8 Å². The lowest BCUT2D eigenvalue weighted by Gasteiger charge is -2.31. The van der Waals surface area contributed by atoms with Crippen LogP contribution in [0.15, 0.2) is 47.4 Å². The number of hydrogen-bond donors (Lipinski definition) is 1. The van der Waals surface area contributed by atoms with E-state index < -0.39 is 10.0 Å². The second kappa shape index (κ2) is 9.50. The molecule has 0 spiro atoms.